The van der Waals surface area contributed by atoms with Crippen LogP contribution < -0.4 is 5.32 Å². The zero-order chi connectivity index (χ0) is 18.2. The van der Waals surface area contributed by atoms with Crippen LogP contribution in [-0.2, 0) is 0 Å². The number of carbonyl (C=O) groups excluding carboxylic acids is 1. The van der Waals surface area contributed by atoms with E-state index >= 15 is 0 Å². The van der Waals surface area contributed by atoms with Crippen molar-refractivity contribution in [1.29, 1.82) is 0 Å². The maximum atomic E-state index is 12.5. The molecule has 3 heterocycles. The predicted octanol–water partition coefficient (Wildman–Crippen LogP) is 2.65. The van der Waals surface area contributed by atoms with Crippen LogP contribution in [0, 0.1) is 13.8 Å². The number of aromatic nitrogens is 3. The first kappa shape index (κ1) is 17.4. The van der Waals surface area contributed by atoms with Gasteiger partial charge in [-0.1, -0.05) is 0 Å². The number of hydrogen-bond donors (Lipinski definition) is 2. The number of carbonyl (C=O) groups is 1. The summed E-state index contributed by atoms with van der Waals surface area (Å²) in [6.45, 7) is 8.05. The predicted molar refractivity (Wildman–Crippen MR) is 95.9 cm³/mol. The molecule has 1 aliphatic rings. The molecule has 2 amide bonds. The minimum atomic E-state index is -0.911. The second kappa shape index (κ2) is 6.48. The van der Waals surface area contributed by atoms with E-state index in [-0.39, 0.29) is 12.1 Å². The lowest BCUT2D eigenvalue weighted by molar-refractivity contribution is 0.0117. The quantitative estimate of drug-likeness (QED) is 0.897. The molecule has 0 saturated carbocycles. The molecule has 134 valence electrons. The summed E-state index contributed by atoms with van der Waals surface area (Å²) in [4.78, 5) is 18.6. The lowest BCUT2D eigenvalue weighted by Gasteiger charge is -2.33. The first-order valence-electron chi connectivity index (χ1n) is 8.55. The van der Waals surface area contributed by atoms with Crippen LogP contribution in [0.25, 0.3) is 5.82 Å². The smallest absolute Gasteiger partial charge is 0.322 e. The highest BCUT2D eigenvalue weighted by atomic mass is 16.3. The van der Waals surface area contributed by atoms with Gasteiger partial charge in [0.05, 0.1) is 29.2 Å². The van der Waals surface area contributed by atoms with Crippen molar-refractivity contribution >= 4 is 11.7 Å². The molecule has 3 rings (SSSR count). The van der Waals surface area contributed by atoms with Gasteiger partial charge in [-0.15, -0.1) is 0 Å². The lowest BCUT2D eigenvalue weighted by atomic mass is 9.97. The van der Waals surface area contributed by atoms with Crippen molar-refractivity contribution in [3.05, 3.63) is 35.8 Å². The Bertz CT molecular complexity index is 761. The molecular formula is C18H25N5O2. The molecule has 1 unspecified atom stereocenters. The van der Waals surface area contributed by atoms with Gasteiger partial charge in [0, 0.05) is 12.2 Å². The molecule has 0 aliphatic carbocycles. The van der Waals surface area contributed by atoms with Gasteiger partial charge in [0.25, 0.3) is 0 Å². The van der Waals surface area contributed by atoms with E-state index in [0.29, 0.717) is 18.1 Å². The number of aryl methyl sites for hydroxylation is 2. The molecular weight excluding hydrogens is 318 g/mol. The Morgan fingerprint density at radius 2 is 2.12 bits per heavy atom. The lowest BCUT2D eigenvalue weighted by Crippen LogP contribution is -2.49. The average molecular weight is 343 g/mol. The van der Waals surface area contributed by atoms with Crippen molar-refractivity contribution in [2.75, 3.05) is 11.9 Å². The summed E-state index contributed by atoms with van der Waals surface area (Å²) < 4.78 is 1.77. The number of urea groups is 1. The SMILES string of the molecule is Cc1cc(C)n(-c2ccc(NC(=O)N3CCCC3C(C)(C)O)cn2)n1. The van der Waals surface area contributed by atoms with Crippen molar-refractivity contribution < 1.29 is 9.90 Å². The second-order valence-electron chi connectivity index (χ2n) is 7.18. The van der Waals surface area contributed by atoms with Crippen LogP contribution in [0.5, 0.6) is 0 Å². The van der Waals surface area contributed by atoms with E-state index in [4.69, 9.17) is 0 Å². The van der Waals surface area contributed by atoms with E-state index in [1.54, 1.807) is 29.6 Å². The van der Waals surface area contributed by atoms with Gasteiger partial charge in [0.1, 0.15) is 0 Å². The zero-order valence-corrected chi connectivity index (χ0v) is 15.2. The molecule has 0 spiro atoms. The summed E-state index contributed by atoms with van der Waals surface area (Å²) in [7, 11) is 0. The fourth-order valence-corrected chi connectivity index (χ4v) is 3.39. The van der Waals surface area contributed by atoms with E-state index in [1.165, 1.54) is 0 Å². The molecule has 7 nitrogen and oxygen atoms in total. The van der Waals surface area contributed by atoms with Gasteiger partial charge < -0.3 is 15.3 Å². The highest BCUT2D eigenvalue weighted by Crippen LogP contribution is 2.27. The molecule has 2 N–H and O–H groups in total. The maximum Gasteiger partial charge on any atom is 0.322 e. The normalized spacial score (nSPS) is 17.8. The number of likely N-dealkylation sites (tertiary alicyclic amines) is 1. The molecule has 7 heteroatoms. The van der Waals surface area contributed by atoms with Crippen LogP contribution >= 0.6 is 0 Å². The Balaban J connectivity index is 1.71. The van der Waals surface area contributed by atoms with Gasteiger partial charge in [0.15, 0.2) is 5.82 Å². The van der Waals surface area contributed by atoms with E-state index in [2.05, 4.69) is 15.4 Å². The largest absolute Gasteiger partial charge is 0.388 e. The molecule has 1 saturated heterocycles. The van der Waals surface area contributed by atoms with Crippen LogP contribution in [-0.4, -0.2) is 49.0 Å². The zero-order valence-electron chi connectivity index (χ0n) is 15.2. The molecule has 1 atom stereocenters. The first-order chi connectivity index (χ1) is 11.8. The van der Waals surface area contributed by atoms with Crippen molar-refractivity contribution in [3.8, 4) is 5.82 Å². The van der Waals surface area contributed by atoms with Crippen LogP contribution in [0.2, 0.25) is 0 Å². The summed E-state index contributed by atoms with van der Waals surface area (Å²) >= 11 is 0. The van der Waals surface area contributed by atoms with Crippen LogP contribution in [0.3, 0.4) is 0 Å². The molecule has 2 aromatic rings. The van der Waals surface area contributed by atoms with Crippen LogP contribution in [0.15, 0.2) is 24.4 Å². The fourth-order valence-electron chi connectivity index (χ4n) is 3.39. The van der Waals surface area contributed by atoms with Gasteiger partial charge in [-0.3, -0.25) is 0 Å². The van der Waals surface area contributed by atoms with Crippen molar-refractivity contribution in [2.24, 2.45) is 0 Å². The fraction of sp³-hybridized carbons (Fsp3) is 0.500. The summed E-state index contributed by atoms with van der Waals surface area (Å²) in [6, 6.07) is 5.25. The van der Waals surface area contributed by atoms with E-state index < -0.39 is 5.60 Å². The number of rotatable bonds is 3. The summed E-state index contributed by atoms with van der Waals surface area (Å²) in [5.41, 5.74) is 1.65. The molecule has 0 bridgehead atoms. The minimum absolute atomic E-state index is 0.172. The first-order valence-corrected chi connectivity index (χ1v) is 8.55. The third-order valence-electron chi connectivity index (χ3n) is 4.55. The Kier molecular flexibility index (Phi) is 4.51. The Morgan fingerprint density at radius 3 is 2.68 bits per heavy atom. The Morgan fingerprint density at radius 1 is 1.36 bits per heavy atom. The van der Waals surface area contributed by atoms with Crippen molar-refractivity contribution in [1.82, 2.24) is 19.7 Å². The molecule has 2 aromatic heterocycles. The van der Waals surface area contributed by atoms with Gasteiger partial charge >= 0.3 is 6.03 Å². The number of hydrogen-bond acceptors (Lipinski definition) is 4. The summed E-state index contributed by atoms with van der Waals surface area (Å²) in [5, 5.41) is 17.5. The average Bonchev–Trinajstić information content (AvgIpc) is 3.14. The van der Waals surface area contributed by atoms with E-state index in [1.807, 2.05) is 32.0 Å². The maximum absolute atomic E-state index is 12.5. The van der Waals surface area contributed by atoms with Crippen molar-refractivity contribution in [3.63, 3.8) is 0 Å². The summed E-state index contributed by atoms with van der Waals surface area (Å²) in [5.74, 6) is 0.708. The Labute approximate surface area is 147 Å². The number of nitrogens with zero attached hydrogens (tertiary/aromatic N) is 4. The third-order valence-corrected chi connectivity index (χ3v) is 4.55. The minimum Gasteiger partial charge on any atom is -0.388 e. The molecule has 1 aliphatic heterocycles. The van der Waals surface area contributed by atoms with Gasteiger partial charge in [-0.05, 0) is 58.7 Å². The third kappa shape index (κ3) is 3.66. The number of pyridine rings is 1. The molecule has 25 heavy (non-hydrogen) atoms. The number of amides is 2. The topological polar surface area (TPSA) is 83.3 Å². The highest BCUT2D eigenvalue weighted by molar-refractivity contribution is 5.89. The van der Waals surface area contributed by atoms with Gasteiger partial charge in [-0.2, -0.15) is 5.10 Å². The molecule has 0 aromatic carbocycles. The molecule has 0 radical (unpaired) electrons. The van der Waals surface area contributed by atoms with Crippen LogP contribution in [0.4, 0.5) is 10.5 Å². The molecule has 1 fully saturated rings. The van der Waals surface area contributed by atoms with Gasteiger partial charge in [0.2, 0.25) is 0 Å². The second-order valence-corrected chi connectivity index (χ2v) is 7.18. The monoisotopic (exact) mass is 343 g/mol. The van der Waals surface area contributed by atoms with E-state index in [0.717, 1.165) is 24.2 Å². The number of aliphatic hydroxyl groups is 1. The van der Waals surface area contributed by atoms with Crippen molar-refractivity contribution in [2.45, 2.75) is 52.2 Å². The summed E-state index contributed by atoms with van der Waals surface area (Å²) in [6.07, 6.45) is 3.34. The van der Waals surface area contributed by atoms with E-state index in [9.17, 15) is 9.90 Å². The standard InChI is InChI=1S/C18H25N5O2/c1-12-10-13(2)23(21-12)16-8-7-14(11-19-16)20-17(24)22-9-5-6-15(22)18(3,4)25/h7-8,10-11,15,25H,5-6,9H2,1-4H3,(H,20,24). The highest BCUT2D eigenvalue weighted by Gasteiger charge is 2.38. The van der Waals surface area contributed by atoms with Gasteiger partial charge in [-0.25, -0.2) is 14.5 Å². The van der Waals surface area contributed by atoms with Crippen LogP contribution in [0.1, 0.15) is 38.1 Å². The number of nitrogens with one attached hydrogen (secondary N) is 1. The number of anilines is 1. The Hall–Kier alpha value is -2.41.